The largest absolute Gasteiger partial charge is 0.352 e. The fourth-order valence-corrected chi connectivity index (χ4v) is 2.67. The number of fused-ring (bicyclic) bond motifs is 1. The van der Waals surface area contributed by atoms with E-state index < -0.39 is 11.8 Å². The van der Waals surface area contributed by atoms with E-state index in [0.717, 1.165) is 23.3 Å². The molecule has 1 aromatic carbocycles. The highest BCUT2D eigenvalue weighted by Crippen LogP contribution is 2.23. The molecule has 1 aliphatic heterocycles. The van der Waals surface area contributed by atoms with Gasteiger partial charge in [-0.15, -0.1) is 0 Å². The molecule has 0 radical (unpaired) electrons. The molecule has 0 aliphatic carbocycles. The number of hydrogen-bond donors (Lipinski definition) is 1. The number of hydrogen-bond acceptors (Lipinski definition) is 3. The Balaban J connectivity index is 1.97. The molecule has 1 unspecified atom stereocenters. The Bertz CT molecular complexity index is 637. The maximum atomic E-state index is 12.3. The summed E-state index contributed by atoms with van der Waals surface area (Å²) in [5.41, 5.74) is 1.68. The van der Waals surface area contributed by atoms with Gasteiger partial charge in [0.1, 0.15) is 6.54 Å². The Hall–Kier alpha value is -2.17. The first kappa shape index (κ1) is 17.2. The van der Waals surface area contributed by atoms with Crippen molar-refractivity contribution < 1.29 is 14.4 Å². The van der Waals surface area contributed by atoms with Crippen molar-refractivity contribution in [3.05, 3.63) is 34.9 Å². The molecule has 5 heteroatoms. The summed E-state index contributed by atoms with van der Waals surface area (Å²) >= 11 is 0. The Labute approximate surface area is 137 Å². The van der Waals surface area contributed by atoms with Gasteiger partial charge in [-0.3, -0.25) is 19.3 Å². The van der Waals surface area contributed by atoms with Crippen molar-refractivity contribution in [1.82, 2.24) is 10.2 Å². The third kappa shape index (κ3) is 3.97. The van der Waals surface area contributed by atoms with E-state index in [9.17, 15) is 14.4 Å². The minimum absolute atomic E-state index is 0.0299. The van der Waals surface area contributed by atoms with Crippen LogP contribution in [0.2, 0.25) is 0 Å². The summed E-state index contributed by atoms with van der Waals surface area (Å²) in [5.74, 6) is -0.505. The van der Waals surface area contributed by atoms with Gasteiger partial charge in [0.05, 0.1) is 11.1 Å². The van der Waals surface area contributed by atoms with E-state index in [-0.39, 0.29) is 18.5 Å². The molecule has 0 saturated carbocycles. The molecule has 1 heterocycles. The van der Waals surface area contributed by atoms with Crippen LogP contribution in [0.1, 0.15) is 59.9 Å². The van der Waals surface area contributed by atoms with Crippen LogP contribution >= 0.6 is 0 Å². The Morgan fingerprint density at radius 3 is 2.39 bits per heavy atom. The highest BCUT2D eigenvalue weighted by Gasteiger charge is 2.36. The smallest absolute Gasteiger partial charge is 0.262 e. The predicted octanol–water partition coefficient (Wildman–Crippen LogP) is 2.53. The molecule has 1 N–H and O–H groups in total. The summed E-state index contributed by atoms with van der Waals surface area (Å²) < 4.78 is 0. The van der Waals surface area contributed by atoms with Gasteiger partial charge < -0.3 is 5.32 Å². The second-order valence-electron chi connectivity index (χ2n) is 6.69. The third-order valence-electron chi connectivity index (χ3n) is 4.01. The zero-order chi connectivity index (χ0) is 17.1. The van der Waals surface area contributed by atoms with Gasteiger partial charge in [0.25, 0.3) is 11.8 Å². The van der Waals surface area contributed by atoms with Crippen molar-refractivity contribution in [2.45, 2.75) is 46.6 Å². The van der Waals surface area contributed by atoms with E-state index in [1.807, 2.05) is 13.8 Å². The van der Waals surface area contributed by atoms with Crippen LogP contribution in [-0.2, 0) is 4.79 Å². The lowest BCUT2D eigenvalue weighted by Crippen LogP contribution is -2.43. The van der Waals surface area contributed by atoms with Crippen LogP contribution in [0, 0.1) is 12.8 Å². The number of carbonyl (C=O) groups excluding carboxylic acids is 3. The van der Waals surface area contributed by atoms with Crippen LogP contribution in [-0.4, -0.2) is 35.2 Å². The molecule has 1 aliphatic rings. The fourth-order valence-electron chi connectivity index (χ4n) is 2.67. The summed E-state index contributed by atoms with van der Waals surface area (Å²) in [5, 5.41) is 2.86. The molecule has 124 valence electrons. The summed E-state index contributed by atoms with van der Waals surface area (Å²) in [7, 11) is 0. The molecular formula is C18H24N2O3. The lowest BCUT2D eigenvalue weighted by molar-refractivity contribution is -0.122. The molecular weight excluding hydrogens is 292 g/mol. The van der Waals surface area contributed by atoms with Gasteiger partial charge in [-0.25, -0.2) is 0 Å². The van der Waals surface area contributed by atoms with E-state index in [1.165, 1.54) is 0 Å². The molecule has 3 amide bonds. The maximum Gasteiger partial charge on any atom is 0.262 e. The number of amides is 3. The monoisotopic (exact) mass is 316 g/mol. The maximum absolute atomic E-state index is 12.3. The lowest BCUT2D eigenvalue weighted by Gasteiger charge is -2.18. The Kier molecular flexibility index (Phi) is 5.19. The molecule has 5 nitrogen and oxygen atoms in total. The van der Waals surface area contributed by atoms with Crippen LogP contribution in [0.3, 0.4) is 0 Å². The number of nitrogens with one attached hydrogen (secondary N) is 1. The molecule has 0 saturated heterocycles. The fraction of sp³-hybridized carbons (Fsp3) is 0.500. The minimum Gasteiger partial charge on any atom is -0.352 e. The minimum atomic E-state index is -0.394. The average Bonchev–Trinajstić information content (AvgIpc) is 2.70. The van der Waals surface area contributed by atoms with Gasteiger partial charge in [-0.1, -0.05) is 25.5 Å². The second kappa shape index (κ2) is 6.94. The third-order valence-corrected chi connectivity index (χ3v) is 4.01. The number of benzene rings is 1. The first-order valence-electron chi connectivity index (χ1n) is 8.05. The van der Waals surface area contributed by atoms with Crippen LogP contribution in [0.4, 0.5) is 0 Å². The topological polar surface area (TPSA) is 66.5 Å². The number of rotatable bonds is 6. The molecule has 1 atom stereocenters. The summed E-state index contributed by atoms with van der Waals surface area (Å²) in [6, 6.07) is 5.16. The van der Waals surface area contributed by atoms with Crippen LogP contribution < -0.4 is 5.32 Å². The molecule has 0 spiro atoms. The van der Waals surface area contributed by atoms with Crippen molar-refractivity contribution in [1.29, 1.82) is 0 Å². The lowest BCUT2D eigenvalue weighted by atomic mass is 10.0. The van der Waals surface area contributed by atoms with Crippen molar-refractivity contribution in [2.75, 3.05) is 6.54 Å². The van der Waals surface area contributed by atoms with Crippen LogP contribution in [0.25, 0.3) is 0 Å². The zero-order valence-electron chi connectivity index (χ0n) is 14.2. The van der Waals surface area contributed by atoms with Crippen molar-refractivity contribution >= 4 is 17.7 Å². The first-order valence-corrected chi connectivity index (χ1v) is 8.05. The van der Waals surface area contributed by atoms with Gasteiger partial charge in [0.2, 0.25) is 5.91 Å². The van der Waals surface area contributed by atoms with Gasteiger partial charge in [-0.2, -0.15) is 0 Å². The number of aryl methyl sites for hydroxylation is 1. The van der Waals surface area contributed by atoms with Gasteiger partial charge in [-0.05, 0) is 44.7 Å². The Morgan fingerprint density at radius 1 is 1.09 bits per heavy atom. The second-order valence-corrected chi connectivity index (χ2v) is 6.69. The van der Waals surface area contributed by atoms with E-state index >= 15 is 0 Å². The summed E-state index contributed by atoms with van der Waals surface area (Å²) in [6.07, 6.45) is 1.90. The van der Waals surface area contributed by atoms with Gasteiger partial charge in [0, 0.05) is 6.04 Å². The highest BCUT2D eigenvalue weighted by molar-refractivity contribution is 6.22. The Morgan fingerprint density at radius 2 is 1.74 bits per heavy atom. The van der Waals surface area contributed by atoms with Gasteiger partial charge in [0.15, 0.2) is 0 Å². The quantitative estimate of drug-likeness (QED) is 0.820. The zero-order valence-corrected chi connectivity index (χ0v) is 14.2. The van der Waals surface area contributed by atoms with Crippen LogP contribution in [0.15, 0.2) is 18.2 Å². The van der Waals surface area contributed by atoms with E-state index in [2.05, 4.69) is 19.2 Å². The first-order chi connectivity index (χ1) is 10.8. The molecule has 23 heavy (non-hydrogen) atoms. The predicted molar refractivity (Wildman–Crippen MR) is 88.2 cm³/mol. The molecule has 0 aromatic heterocycles. The number of imide groups is 1. The van der Waals surface area contributed by atoms with E-state index in [4.69, 9.17) is 0 Å². The number of nitrogens with zero attached hydrogens (tertiary/aromatic N) is 1. The van der Waals surface area contributed by atoms with E-state index in [1.54, 1.807) is 18.2 Å². The summed E-state index contributed by atoms with van der Waals surface area (Å²) in [6.45, 7) is 7.85. The number of carbonyl (C=O) groups is 3. The normalized spacial score (nSPS) is 15.1. The van der Waals surface area contributed by atoms with E-state index in [0.29, 0.717) is 17.0 Å². The standard InChI is InChI=1S/C18H24N2O3/c1-11(2)5-7-13(4)19-16(21)10-20-17(22)14-8-6-12(3)9-15(14)18(20)23/h6,8-9,11,13H,5,7,10H2,1-4H3,(H,19,21). The van der Waals surface area contributed by atoms with Crippen molar-refractivity contribution in [3.63, 3.8) is 0 Å². The van der Waals surface area contributed by atoms with Crippen molar-refractivity contribution in [3.8, 4) is 0 Å². The van der Waals surface area contributed by atoms with Crippen molar-refractivity contribution in [2.24, 2.45) is 5.92 Å². The molecule has 0 bridgehead atoms. The van der Waals surface area contributed by atoms with Gasteiger partial charge >= 0.3 is 0 Å². The summed E-state index contributed by atoms with van der Waals surface area (Å²) in [4.78, 5) is 37.7. The SMILES string of the molecule is Cc1ccc2c(c1)C(=O)N(CC(=O)NC(C)CCC(C)C)C2=O. The average molecular weight is 316 g/mol. The molecule has 1 aromatic rings. The molecule has 0 fully saturated rings. The highest BCUT2D eigenvalue weighted by atomic mass is 16.2. The molecule has 2 rings (SSSR count). The van der Waals surface area contributed by atoms with Crippen LogP contribution in [0.5, 0.6) is 0 Å².